The van der Waals surface area contributed by atoms with Gasteiger partial charge in [-0.3, -0.25) is 9.59 Å². The van der Waals surface area contributed by atoms with Crippen molar-refractivity contribution in [3.63, 3.8) is 0 Å². The number of thiophene rings is 1. The fraction of sp³-hybridized carbons (Fsp3) is 0.520. The first kappa shape index (κ1) is 21.5. The molecule has 0 atom stereocenters. The van der Waals surface area contributed by atoms with Crippen LogP contribution in [-0.2, 0) is 18.4 Å². The van der Waals surface area contributed by atoms with Crippen LogP contribution < -0.4 is 15.2 Å². The first-order valence-corrected chi connectivity index (χ1v) is 12.4. The molecule has 1 fully saturated rings. The summed E-state index contributed by atoms with van der Waals surface area (Å²) in [6.07, 6.45) is 4.71. The number of nitrogens with two attached hydrogens (primary N) is 1. The molecule has 2 aliphatic heterocycles. The minimum absolute atomic E-state index is 0.0389. The Bertz CT molecular complexity index is 1050. The summed E-state index contributed by atoms with van der Waals surface area (Å²) in [6, 6.07) is 6.23. The molecule has 1 saturated heterocycles. The largest absolute Gasteiger partial charge is 0.492 e. The second-order valence-corrected chi connectivity index (χ2v) is 10.1. The first-order valence-electron chi connectivity index (χ1n) is 11.6. The molecule has 1 spiro atoms. The Kier molecular flexibility index (Phi) is 5.72. The predicted octanol–water partition coefficient (Wildman–Crippen LogP) is 4.08. The van der Waals surface area contributed by atoms with Crippen LogP contribution in [0.3, 0.4) is 0 Å². The van der Waals surface area contributed by atoms with E-state index in [2.05, 4.69) is 6.07 Å². The van der Waals surface area contributed by atoms with E-state index < -0.39 is 0 Å². The van der Waals surface area contributed by atoms with Gasteiger partial charge in [0, 0.05) is 37.0 Å². The van der Waals surface area contributed by atoms with E-state index in [-0.39, 0.29) is 17.1 Å². The third-order valence-corrected chi connectivity index (χ3v) is 8.21. The summed E-state index contributed by atoms with van der Waals surface area (Å²) in [5, 5.41) is 0.635. The molecular weight excluding hydrogens is 424 g/mol. The number of Topliss-reactive ketones (excluding diaryl/α,β-unsaturated/α-hetero) is 1. The number of hydrogen-bond acceptors (Lipinski definition) is 6. The topological polar surface area (TPSA) is 81.9 Å². The zero-order valence-corrected chi connectivity index (χ0v) is 19.4. The fourth-order valence-electron chi connectivity index (χ4n) is 5.22. The van der Waals surface area contributed by atoms with E-state index in [0.29, 0.717) is 54.8 Å². The molecular formula is C25H30N2O4S. The summed E-state index contributed by atoms with van der Waals surface area (Å²) in [6.45, 7) is 5.14. The van der Waals surface area contributed by atoms with Crippen molar-refractivity contribution in [1.29, 1.82) is 0 Å². The smallest absolute Gasteiger partial charge is 0.264 e. The predicted molar refractivity (Wildman–Crippen MR) is 124 cm³/mol. The quantitative estimate of drug-likeness (QED) is 0.736. The molecule has 7 heteroatoms. The van der Waals surface area contributed by atoms with Crippen molar-refractivity contribution in [1.82, 2.24) is 4.90 Å². The number of ether oxygens (including phenoxy) is 2. The van der Waals surface area contributed by atoms with Gasteiger partial charge >= 0.3 is 0 Å². The Labute approximate surface area is 192 Å². The van der Waals surface area contributed by atoms with E-state index in [1.807, 2.05) is 24.0 Å². The Morgan fingerprint density at radius 3 is 2.84 bits per heavy atom. The number of piperidine rings is 1. The van der Waals surface area contributed by atoms with Crippen molar-refractivity contribution in [2.75, 3.05) is 26.3 Å². The molecule has 1 aliphatic carbocycles. The maximum Gasteiger partial charge on any atom is 0.264 e. The molecule has 2 aromatic rings. The van der Waals surface area contributed by atoms with Gasteiger partial charge in [0.05, 0.1) is 23.7 Å². The van der Waals surface area contributed by atoms with Crippen LogP contribution in [0.1, 0.15) is 75.7 Å². The van der Waals surface area contributed by atoms with Gasteiger partial charge in [-0.05, 0) is 49.3 Å². The highest BCUT2D eigenvalue weighted by molar-refractivity contribution is 7.16. The molecule has 6 nitrogen and oxygen atoms in total. The van der Waals surface area contributed by atoms with Crippen LogP contribution in [0.4, 0.5) is 0 Å². The Hall–Kier alpha value is -2.38. The summed E-state index contributed by atoms with van der Waals surface area (Å²) < 4.78 is 11.9. The monoisotopic (exact) mass is 454 g/mol. The third kappa shape index (κ3) is 3.52. The van der Waals surface area contributed by atoms with E-state index in [4.69, 9.17) is 15.2 Å². The Morgan fingerprint density at radius 2 is 2.09 bits per heavy atom. The van der Waals surface area contributed by atoms with Crippen LogP contribution in [0.2, 0.25) is 0 Å². The molecule has 2 N–H and O–H groups in total. The van der Waals surface area contributed by atoms with Gasteiger partial charge in [-0.15, -0.1) is 0 Å². The average molecular weight is 455 g/mol. The van der Waals surface area contributed by atoms with Crippen molar-refractivity contribution in [3.05, 3.63) is 45.3 Å². The molecule has 170 valence electrons. The molecule has 1 aromatic carbocycles. The van der Waals surface area contributed by atoms with E-state index in [0.717, 1.165) is 49.0 Å². The van der Waals surface area contributed by atoms with Crippen LogP contribution in [0.5, 0.6) is 10.8 Å². The number of fused-ring (bicyclic) bond motifs is 3. The lowest BCUT2D eigenvalue weighted by atomic mass is 9.74. The van der Waals surface area contributed by atoms with E-state index in [1.165, 1.54) is 16.9 Å². The highest BCUT2D eigenvalue weighted by atomic mass is 32.1. The zero-order valence-electron chi connectivity index (χ0n) is 18.6. The van der Waals surface area contributed by atoms with Gasteiger partial charge in [-0.2, -0.15) is 0 Å². The molecule has 1 aromatic heterocycles. The van der Waals surface area contributed by atoms with Crippen LogP contribution in [-0.4, -0.2) is 42.9 Å². The molecule has 5 rings (SSSR count). The number of carbonyl (C=O) groups is 2. The number of rotatable bonds is 5. The summed E-state index contributed by atoms with van der Waals surface area (Å²) >= 11 is 1.37. The summed E-state index contributed by atoms with van der Waals surface area (Å²) in [5.41, 5.74) is 9.74. The highest BCUT2D eigenvalue weighted by Crippen LogP contribution is 2.47. The minimum atomic E-state index is -0.0441. The van der Waals surface area contributed by atoms with Crippen LogP contribution >= 0.6 is 11.3 Å². The van der Waals surface area contributed by atoms with Crippen molar-refractivity contribution in [2.45, 2.75) is 57.4 Å². The SMILES string of the molecule is CCCOc1sc(C(=O)N2CCC3(CC2)COc2ccc(CN)cc23)c2c1C(=O)CCC2. The zero-order chi connectivity index (χ0) is 22.3. The highest BCUT2D eigenvalue weighted by Gasteiger charge is 2.44. The fourth-order valence-corrected chi connectivity index (χ4v) is 6.43. The van der Waals surface area contributed by atoms with Gasteiger partial charge < -0.3 is 20.1 Å². The standard InChI is InChI=1S/C25H30N2O4S/c1-2-12-30-24-21-17(4-3-5-19(21)28)22(32-24)23(29)27-10-8-25(9-11-27)15-31-20-7-6-16(14-26)13-18(20)25/h6-7,13H,2-5,8-12,14-15,26H2,1H3. The summed E-state index contributed by atoms with van der Waals surface area (Å²) in [7, 11) is 0. The Morgan fingerprint density at radius 1 is 1.28 bits per heavy atom. The van der Waals surface area contributed by atoms with Crippen LogP contribution in [0, 0.1) is 0 Å². The molecule has 0 unspecified atom stereocenters. The second-order valence-electron chi connectivity index (χ2n) is 9.09. The lowest BCUT2D eigenvalue weighted by Gasteiger charge is -2.38. The lowest BCUT2D eigenvalue weighted by molar-refractivity contribution is 0.0650. The van der Waals surface area contributed by atoms with Crippen LogP contribution in [0.15, 0.2) is 18.2 Å². The minimum Gasteiger partial charge on any atom is -0.492 e. The van der Waals surface area contributed by atoms with Crippen molar-refractivity contribution in [2.24, 2.45) is 5.73 Å². The van der Waals surface area contributed by atoms with Gasteiger partial charge in [0.2, 0.25) is 0 Å². The molecule has 0 bridgehead atoms. The Balaban J connectivity index is 1.37. The van der Waals surface area contributed by atoms with Gasteiger partial charge in [0.1, 0.15) is 5.75 Å². The third-order valence-electron chi connectivity index (χ3n) is 7.08. The van der Waals surface area contributed by atoms with Crippen molar-refractivity contribution in [3.8, 4) is 10.8 Å². The maximum atomic E-state index is 13.5. The molecule has 3 heterocycles. The van der Waals surface area contributed by atoms with Gasteiger partial charge in [0.15, 0.2) is 10.8 Å². The van der Waals surface area contributed by atoms with Crippen molar-refractivity contribution < 1.29 is 19.1 Å². The maximum absolute atomic E-state index is 13.5. The first-order chi connectivity index (χ1) is 15.6. The summed E-state index contributed by atoms with van der Waals surface area (Å²) in [4.78, 5) is 28.8. The average Bonchev–Trinajstić information content (AvgIpc) is 3.37. The normalized spacial score (nSPS) is 18.9. The van der Waals surface area contributed by atoms with Gasteiger partial charge in [-0.25, -0.2) is 0 Å². The number of benzene rings is 1. The summed E-state index contributed by atoms with van der Waals surface area (Å²) in [5.74, 6) is 1.10. The van der Waals surface area contributed by atoms with Crippen molar-refractivity contribution >= 4 is 23.0 Å². The van der Waals surface area contributed by atoms with E-state index in [9.17, 15) is 9.59 Å². The molecule has 0 saturated carbocycles. The molecule has 3 aliphatic rings. The van der Waals surface area contributed by atoms with Crippen LogP contribution in [0.25, 0.3) is 0 Å². The molecule has 32 heavy (non-hydrogen) atoms. The number of likely N-dealkylation sites (tertiary alicyclic amines) is 1. The number of amides is 1. The molecule has 0 radical (unpaired) electrons. The lowest BCUT2D eigenvalue weighted by Crippen LogP contribution is -2.46. The number of nitrogens with zero attached hydrogens (tertiary/aromatic N) is 1. The molecule has 1 amide bonds. The number of carbonyl (C=O) groups excluding carboxylic acids is 2. The van der Waals surface area contributed by atoms with E-state index in [1.54, 1.807) is 0 Å². The number of ketones is 1. The van der Waals surface area contributed by atoms with Gasteiger partial charge in [0.25, 0.3) is 5.91 Å². The second kappa shape index (κ2) is 8.52. The van der Waals surface area contributed by atoms with E-state index >= 15 is 0 Å². The van der Waals surface area contributed by atoms with Gasteiger partial charge in [-0.1, -0.05) is 30.4 Å². The number of hydrogen-bond donors (Lipinski definition) is 1.